The first kappa shape index (κ1) is 17.7. The first-order valence-electron chi connectivity index (χ1n) is 6.18. The standard InChI is InChI=1S/C10H22N8O2/c1-11-9(19)17(3)15-13-7-5-6-8-14-16-18(4)10(20)12-2/h5-8H2,1-4H3,(H,11,19)(H,12,20). The number of urea groups is 2. The Hall–Kier alpha value is -2.26. The van der Waals surface area contributed by atoms with Gasteiger partial charge in [-0.15, -0.1) is 0 Å². The van der Waals surface area contributed by atoms with E-state index in [0.29, 0.717) is 13.1 Å². The van der Waals surface area contributed by atoms with Crippen LogP contribution in [0.25, 0.3) is 0 Å². The minimum atomic E-state index is -0.320. The van der Waals surface area contributed by atoms with Crippen molar-refractivity contribution in [3.63, 3.8) is 0 Å². The zero-order valence-corrected chi connectivity index (χ0v) is 12.3. The molecular weight excluding hydrogens is 264 g/mol. The first-order chi connectivity index (χ1) is 9.52. The molecule has 0 aliphatic rings. The molecule has 2 N–H and O–H groups in total. The van der Waals surface area contributed by atoms with Crippen LogP contribution >= 0.6 is 0 Å². The van der Waals surface area contributed by atoms with Gasteiger partial charge in [0.15, 0.2) is 0 Å². The molecule has 4 amide bonds. The SMILES string of the molecule is CNC(=O)N(C)N=NCCCCN=NN(C)C(=O)NC. The van der Waals surface area contributed by atoms with Gasteiger partial charge in [-0.2, -0.15) is 10.2 Å². The molecule has 0 aromatic heterocycles. The zero-order valence-electron chi connectivity index (χ0n) is 12.3. The largest absolute Gasteiger partial charge is 0.340 e. The highest BCUT2D eigenvalue weighted by Gasteiger charge is 2.02. The Morgan fingerprint density at radius 2 is 1.20 bits per heavy atom. The molecule has 0 bridgehead atoms. The van der Waals surface area contributed by atoms with Crippen molar-refractivity contribution in [2.75, 3.05) is 41.3 Å². The van der Waals surface area contributed by atoms with Crippen LogP contribution in [-0.4, -0.2) is 63.4 Å². The van der Waals surface area contributed by atoms with Gasteiger partial charge < -0.3 is 10.6 Å². The van der Waals surface area contributed by atoms with Crippen molar-refractivity contribution in [2.24, 2.45) is 20.7 Å². The van der Waals surface area contributed by atoms with Gasteiger partial charge in [0.25, 0.3) is 0 Å². The number of carbonyl (C=O) groups is 2. The van der Waals surface area contributed by atoms with E-state index in [-0.39, 0.29) is 12.1 Å². The molecule has 0 saturated heterocycles. The number of hydrogen-bond acceptors (Lipinski definition) is 6. The van der Waals surface area contributed by atoms with Crippen LogP contribution in [-0.2, 0) is 0 Å². The van der Waals surface area contributed by atoms with Crippen molar-refractivity contribution in [3.8, 4) is 0 Å². The lowest BCUT2D eigenvalue weighted by molar-refractivity contribution is 0.208. The van der Waals surface area contributed by atoms with Crippen LogP contribution in [0.3, 0.4) is 0 Å². The maximum Gasteiger partial charge on any atom is 0.338 e. The van der Waals surface area contributed by atoms with E-state index in [9.17, 15) is 9.59 Å². The van der Waals surface area contributed by atoms with Crippen molar-refractivity contribution in [1.82, 2.24) is 20.7 Å². The lowest BCUT2D eigenvalue weighted by atomic mass is 10.3. The predicted molar refractivity (Wildman–Crippen MR) is 73.1 cm³/mol. The molecule has 10 heteroatoms. The quantitative estimate of drug-likeness (QED) is 0.413. The van der Waals surface area contributed by atoms with Gasteiger partial charge in [-0.3, -0.25) is 0 Å². The average molecular weight is 286 g/mol. The third-order valence-electron chi connectivity index (χ3n) is 2.18. The Labute approximate surface area is 118 Å². The van der Waals surface area contributed by atoms with Crippen LogP contribution < -0.4 is 10.6 Å². The highest BCUT2D eigenvalue weighted by Crippen LogP contribution is 1.95. The van der Waals surface area contributed by atoms with Crippen molar-refractivity contribution >= 4 is 12.1 Å². The van der Waals surface area contributed by atoms with Gasteiger partial charge in [-0.1, -0.05) is 10.4 Å². The smallest absolute Gasteiger partial charge is 0.338 e. The van der Waals surface area contributed by atoms with Gasteiger partial charge in [0, 0.05) is 28.2 Å². The van der Waals surface area contributed by atoms with E-state index >= 15 is 0 Å². The third kappa shape index (κ3) is 7.95. The van der Waals surface area contributed by atoms with Crippen molar-refractivity contribution in [1.29, 1.82) is 0 Å². The Morgan fingerprint density at radius 3 is 1.50 bits per heavy atom. The monoisotopic (exact) mass is 286 g/mol. The summed E-state index contributed by atoms with van der Waals surface area (Å²) in [6.45, 7) is 1.00. The van der Waals surface area contributed by atoms with Crippen LogP contribution in [0.4, 0.5) is 9.59 Å². The van der Waals surface area contributed by atoms with Gasteiger partial charge in [0.2, 0.25) is 0 Å². The number of hydrogen-bond donors (Lipinski definition) is 2. The van der Waals surface area contributed by atoms with Crippen molar-refractivity contribution < 1.29 is 9.59 Å². The maximum atomic E-state index is 11.1. The maximum absolute atomic E-state index is 11.1. The van der Waals surface area contributed by atoms with E-state index in [1.807, 2.05) is 0 Å². The van der Waals surface area contributed by atoms with Gasteiger partial charge in [-0.05, 0) is 12.8 Å². The van der Waals surface area contributed by atoms with Gasteiger partial charge in [-0.25, -0.2) is 19.6 Å². The van der Waals surface area contributed by atoms with Crippen LogP contribution in [0, 0.1) is 0 Å². The number of unbranched alkanes of at least 4 members (excludes halogenated alkanes) is 1. The summed E-state index contributed by atoms with van der Waals surface area (Å²) in [5, 5.41) is 22.2. The third-order valence-corrected chi connectivity index (χ3v) is 2.18. The normalized spacial score (nSPS) is 10.8. The molecule has 0 aromatic rings. The van der Waals surface area contributed by atoms with Gasteiger partial charge in [0.05, 0.1) is 13.1 Å². The summed E-state index contributed by atoms with van der Waals surface area (Å²) >= 11 is 0. The van der Waals surface area contributed by atoms with Crippen LogP contribution in [0.5, 0.6) is 0 Å². The zero-order chi connectivity index (χ0) is 15.4. The highest BCUT2D eigenvalue weighted by molar-refractivity contribution is 5.73. The van der Waals surface area contributed by atoms with Crippen molar-refractivity contribution in [2.45, 2.75) is 12.8 Å². The van der Waals surface area contributed by atoms with E-state index in [1.165, 1.54) is 28.2 Å². The summed E-state index contributed by atoms with van der Waals surface area (Å²) in [4.78, 5) is 22.1. The molecule has 0 saturated carbocycles. The summed E-state index contributed by atoms with van der Waals surface area (Å²) in [7, 11) is 6.08. The summed E-state index contributed by atoms with van der Waals surface area (Å²) in [6, 6.07) is -0.639. The lowest BCUT2D eigenvalue weighted by Crippen LogP contribution is -2.30. The van der Waals surface area contributed by atoms with Gasteiger partial charge in [0.1, 0.15) is 0 Å². The molecule has 0 aliphatic heterocycles. The van der Waals surface area contributed by atoms with E-state index in [2.05, 4.69) is 31.3 Å². The second-order valence-electron chi connectivity index (χ2n) is 3.77. The molecule has 0 heterocycles. The Bertz CT molecular complexity index is 323. The lowest BCUT2D eigenvalue weighted by Gasteiger charge is -2.07. The fourth-order valence-corrected chi connectivity index (χ4v) is 1.05. The Morgan fingerprint density at radius 1 is 0.850 bits per heavy atom. The molecule has 0 aliphatic carbocycles. The molecule has 0 unspecified atom stereocenters. The number of rotatable bonds is 7. The summed E-state index contributed by atoms with van der Waals surface area (Å²) in [5.41, 5.74) is 0. The summed E-state index contributed by atoms with van der Waals surface area (Å²) in [5.74, 6) is 0. The van der Waals surface area contributed by atoms with E-state index < -0.39 is 0 Å². The summed E-state index contributed by atoms with van der Waals surface area (Å²) in [6.07, 6.45) is 1.54. The molecule has 0 spiro atoms. The molecule has 10 nitrogen and oxygen atoms in total. The molecule has 0 aromatic carbocycles. The number of amides is 4. The average Bonchev–Trinajstić information content (AvgIpc) is 2.47. The van der Waals surface area contributed by atoms with E-state index in [4.69, 9.17) is 0 Å². The molecule has 114 valence electrons. The predicted octanol–water partition coefficient (Wildman–Crippen LogP) is 1.04. The molecule has 20 heavy (non-hydrogen) atoms. The Balaban J connectivity index is 3.68. The highest BCUT2D eigenvalue weighted by atomic mass is 16.2. The minimum absolute atomic E-state index is 0.320. The second-order valence-corrected chi connectivity index (χ2v) is 3.77. The van der Waals surface area contributed by atoms with E-state index in [0.717, 1.165) is 22.9 Å². The van der Waals surface area contributed by atoms with Crippen LogP contribution in [0.2, 0.25) is 0 Å². The Kier molecular flexibility index (Phi) is 9.44. The molecule has 0 atom stereocenters. The topological polar surface area (TPSA) is 114 Å². The molecular formula is C10H22N8O2. The minimum Gasteiger partial charge on any atom is -0.340 e. The number of nitrogens with zero attached hydrogens (tertiary/aromatic N) is 6. The molecule has 0 radical (unpaired) electrons. The number of carbonyl (C=O) groups excluding carboxylic acids is 2. The van der Waals surface area contributed by atoms with Crippen molar-refractivity contribution in [3.05, 3.63) is 0 Å². The summed E-state index contributed by atoms with van der Waals surface area (Å²) < 4.78 is 0. The second kappa shape index (κ2) is 10.6. The van der Waals surface area contributed by atoms with Crippen LogP contribution in [0.15, 0.2) is 20.7 Å². The van der Waals surface area contributed by atoms with Crippen LogP contribution in [0.1, 0.15) is 12.8 Å². The fourth-order valence-electron chi connectivity index (χ4n) is 1.05. The van der Waals surface area contributed by atoms with E-state index in [1.54, 1.807) is 0 Å². The number of nitrogens with one attached hydrogen (secondary N) is 2. The fraction of sp³-hybridized carbons (Fsp3) is 0.800. The first-order valence-corrected chi connectivity index (χ1v) is 6.18. The molecule has 0 rings (SSSR count). The molecule has 0 fully saturated rings. The van der Waals surface area contributed by atoms with Gasteiger partial charge >= 0.3 is 12.1 Å².